The summed E-state index contributed by atoms with van der Waals surface area (Å²) in [7, 11) is 0. The first kappa shape index (κ1) is 9.05. The molecule has 0 fully saturated rings. The molecule has 1 aromatic carbocycles. The molecule has 0 saturated carbocycles. The van der Waals surface area contributed by atoms with Crippen LogP contribution in [-0.2, 0) is 0 Å². The fourth-order valence-corrected chi connectivity index (χ4v) is 0.977. The molecule has 3 nitrogen and oxygen atoms in total. The Hall–Kier alpha value is -1.04. The van der Waals surface area contributed by atoms with Gasteiger partial charge in [-0.1, -0.05) is 6.07 Å². The fraction of sp³-hybridized carbons (Fsp3) is 0. The molecule has 2 rings (SSSR count). The first-order valence-corrected chi connectivity index (χ1v) is 3.26. The van der Waals surface area contributed by atoms with Crippen molar-refractivity contribution in [1.82, 2.24) is 9.97 Å². The van der Waals surface area contributed by atoms with Gasteiger partial charge < -0.3 is 5.11 Å². The van der Waals surface area contributed by atoms with E-state index in [9.17, 15) is 5.11 Å². The van der Waals surface area contributed by atoms with Crippen LogP contribution in [0.1, 0.15) is 0 Å². The van der Waals surface area contributed by atoms with E-state index >= 15 is 0 Å². The molecule has 0 bridgehead atoms. The van der Waals surface area contributed by atoms with Crippen LogP contribution in [0.15, 0.2) is 30.6 Å². The number of aromatic nitrogens is 2. The van der Waals surface area contributed by atoms with Gasteiger partial charge in [0.1, 0.15) is 11.3 Å². The minimum absolute atomic E-state index is 0. The van der Waals surface area contributed by atoms with Crippen LogP contribution in [0.2, 0.25) is 0 Å². The van der Waals surface area contributed by atoms with E-state index < -0.39 is 0 Å². The Labute approximate surface area is 81.6 Å². The average molecular weight is 154 g/mol. The molecule has 0 atom stereocenters. The Morgan fingerprint density at radius 2 is 1.83 bits per heavy atom. The molecule has 0 unspecified atom stereocenters. The standard InChI is InChI=1S/C8H6N2O.Li.H/c11-7-3-1-2-6-8(7)10-5-4-9-6;;/h1-5,11H;;. The molecule has 0 aliphatic carbocycles. The fourth-order valence-electron chi connectivity index (χ4n) is 0.977. The van der Waals surface area contributed by atoms with Crippen molar-refractivity contribution >= 4 is 29.9 Å². The summed E-state index contributed by atoms with van der Waals surface area (Å²) in [6, 6.07) is 5.14. The molecule has 56 valence electrons. The molecule has 1 heterocycles. The van der Waals surface area contributed by atoms with E-state index in [0.717, 1.165) is 0 Å². The molecule has 1 aromatic heterocycles. The van der Waals surface area contributed by atoms with Crippen molar-refractivity contribution in [3.63, 3.8) is 0 Å². The molecule has 4 heteroatoms. The first-order valence-electron chi connectivity index (χ1n) is 3.26. The zero-order valence-electron chi connectivity index (χ0n) is 5.73. The Balaban J connectivity index is 0.000000720. The van der Waals surface area contributed by atoms with E-state index in [-0.39, 0.29) is 24.6 Å². The van der Waals surface area contributed by atoms with E-state index in [0.29, 0.717) is 11.0 Å². The van der Waals surface area contributed by atoms with Crippen LogP contribution in [0.25, 0.3) is 11.0 Å². The molecule has 0 amide bonds. The van der Waals surface area contributed by atoms with Gasteiger partial charge in [0.25, 0.3) is 0 Å². The summed E-state index contributed by atoms with van der Waals surface area (Å²) >= 11 is 0. The van der Waals surface area contributed by atoms with Crippen molar-refractivity contribution in [3.8, 4) is 5.75 Å². The van der Waals surface area contributed by atoms with Gasteiger partial charge in [-0.3, -0.25) is 4.98 Å². The van der Waals surface area contributed by atoms with E-state index in [1.54, 1.807) is 24.5 Å². The maximum absolute atomic E-state index is 9.27. The van der Waals surface area contributed by atoms with Gasteiger partial charge in [-0.15, -0.1) is 0 Å². The van der Waals surface area contributed by atoms with Crippen LogP contribution in [0.5, 0.6) is 5.75 Å². The number of para-hydroxylation sites is 1. The monoisotopic (exact) mass is 154 g/mol. The van der Waals surface area contributed by atoms with Crippen LogP contribution in [-0.4, -0.2) is 33.9 Å². The van der Waals surface area contributed by atoms with Crippen molar-refractivity contribution in [2.75, 3.05) is 0 Å². The van der Waals surface area contributed by atoms with Gasteiger partial charge in [0.05, 0.1) is 5.52 Å². The van der Waals surface area contributed by atoms with Gasteiger partial charge in [-0.05, 0) is 12.1 Å². The van der Waals surface area contributed by atoms with Gasteiger partial charge in [-0.25, -0.2) is 4.98 Å². The van der Waals surface area contributed by atoms with Gasteiger partial charge in [0, 0.05) is 12.4 Å². The van der Waals surface area contributed by atoms with E-state index in [2.05, 4.69) is 9.97 Å². The van der Waals surface area contributed by atoms with Gasteiger partial charge in [-0.2, -0.15) is 0 Å². The second-order valence-corrected chi connectivity index (χ2v) is 2.20. The quantitative estimate of drug-likeness (QED) is 0.568. The van der Waals surface area contributed by atoms with Crippen molar-refractivity contribution in [1.29, 1.82) is 0 Å². The summed E-state index contributed by atoms with van der Waals surface area (Å²) in [6.45, 7) is 0. The number of benzene rings is 1. The molecule has 1 N–H and O–H groups in total. The molecule has 0 saturated heterocycles. The Kier molecular flexibility index (Phi) is 2.69. The van der Waals surface area contributed by atoms with Gasteiger partial charge in [0.2, 0.25) is 0 Å². The summed E-state index contributed by atoms with van der Waals surface area (Å²) in [5.74, 6) is 0.176. The van der Waals surface area contributed by atoms with Crippen molar-refractivity contribution in [3.05, 3.63) is 30.6 Å². The van der Waals surface area contributed by atoms with E-state index in [1.807, 2.05) is 6.07 Å². The number of hydrogen-bond donors (Lipinski definition) is 1. The topological polar surface area (TPSA) is 46.0 Å². The molecule has 0 aliphatic heterocycles. The van der Waals surface area contributed by atoms with Crippen molar-refractivity contribution in [2.45, 2.75) is 0 Å². The number of rotatable bonds is 0. The molecular formula is C8H7LiN2O. The zero-order chi connectivity index (χ0) is 7.68. The predicted octanol–water partition coefficient (Wildman–Crippen LogP) is 0.687. The normalized spacial score (nSPS) is 9.33. The van der Waals surface area contributed by atoms with E-state index in [1.165, 1.54) is 0 Å². The summed E-state index contributed by atoms with van der Waals surface area (Å²) < 4.78 is 0. The maximum atomic E-state index is 9.27. The predicted molar refractivity (Wildman–Crippen MR) is 48.4 cm³/mol. The van der Waals surface area contributed by atoms with Crippen LogP contribution >= 0.6 is 0 Å². The van der Waals surface area contributed by atoms with E-state index in [4.69, 9.17) is 0 Å². The summed E-state index contributed by atoms with van der Waals surface area (Å²) in [6.07, 6.45) is 3.16. The number of nitrogens with zero attached hydrogens (tertiary/aromatic N) is 2. The Bertz CT molecular complexity index is 386. The number of phenols is 1. The summed E-state index contributed by atoms with van der Waals surface area (Å²) in [5, 5.41) is 9.27. The number of aromatic hydroxyl groups is 1. The first-order chi connectivity index (χ1) is 5.38. The van der Waals surface area contributed by atoms with Crippen molar-refractivity contribution in [2.24, 2.45) is 0 Å². The Morgan fingerprint density at radius 1 is 1.08 bits per heavy atom. The SMILES string of the molecule is Oc1cccc2nccnc12.[LiH]. The minimum atomic E-state index is 0. The third-order valence-corrected chi connectivity index (χ3v) is 1.48. The van der Waals surface area contributed by atoms with Crippen LogP contribution in [0.4, 0.5) is 0 Å². The third-order valence-electron chi connectivity index (χ3n) is 1.48. The zero-order valence-corrected chi connectivity index (χ0v) is 5.73. The second-order valence-electron chi connectivity index (χ2n) is 2.20. The summed E-state index contributed by atoms with van der Waals surface area (Å²) in [4.78, 5) is 7.99. The number of phenolic OH excluding ortho intramolecular Hbond substituents is 1. The van der Waals surface area contributed by atoms with Gasteiger partial charge in [0.15, 0.2) is 0 Å². The third kappa shape index (κ3) is 1.42. The molecule has 0 radical (unpaired) electrons. The average Bonchev–Trinajstić information content (AvgIpc) is 2.06. The molecule has 0 spiro atoms. The summed E-state index contributed by atoms with van der Waals surface area (Å²) in [5.41, 5.74) is 1.27. The van der Waals surface area contributed by atoms with Crippen LogP contribution < -0.4 is 0 Å². The molecule has 0 aliphatic rings. The second kappa shape index (κ2) is 3.57. The van der Waals surface area contributed by atoms with Crippen molar-refractivity contribution < 1.29 is 5.11 Å². The van der Waals surface area contributed by atoms with Gasteiger partial charge >= 0.3 is 18.9 Å². The Morgan fingerprint density at radius 3 is 2.58 bits per heavy atom. The number of fused-ring (bicyclic) bond motifs is 1. The van der Waals surface area contributed by atoms with Crippen LogP contribution in [0, 0.1) is 0 Å². The number of hydrogen-bond acceptors (Lipinski definition) is 3. The molecular weight excluding hydrogens is 147 g/mol. The van der Waals surface area contributed by atoms with Crippen LogP contribution in [0.3, 0.4) is 0 Å². The molecule has 12 heavy (non-hydrogen) atoms. The molecule has 2 aromatic rings.